The lowest BCUT2D eigenvalue weighted by atomic mass is 10.1. The minimum atomic E-state index is 0. The lowest BCUT2D eigenvalue weighted by molar-refractivity contribution is 0.173. The number of hydrogen-bond donors (Lipinski definition) is 0. The van der Waals surface area contributed by atoms with Crippen molar-refractivity contribution in [3.8, 4) is 23.0 Å². The Morgan fingerprint density at radius 1 is 0.690 bits per heavy atom. The summed E-state index contributed by atoms with van der Waals surface area (Å²) in [5, 5.41) is 8.77. The minimum absolute atomic E-state index is 0. The SMILES string of the molecule is C/C(CCc1ccc2c(c1)OCO2)=N\N=C(/C)CCc1ccc2c(c1)OCO2.O. The maximum absolute atomic E-state index is 5.42. The van der Waals surface area contributed by atoms with E-state index in [9.17, 15) is 0 Å². The van der Waals surface area contributed by atoms with Crippen LogP contribution in [0.3, 0.4) is 0 Å². The van der Waals surface area contributed by atoms with Crippen molar-refractivity contribution in [1.29, 1.82) is 0 Å². The number of rotatable bonds is 7. The molecule has 0 aliphatic carbocycles. The third-order valence-electron chi connectivity index (χ3n) is 4.82. The molecule has 2 aromatic carbocycles. The van der Waals surface area contributed by atoms with Crippen LogP contribution in [-0.2, 0) is 12.8 Å². The van der Waals surface area contributed by atoms with Crippen LogP contribution in [0.5, 0.6) is 23.0 Å². The zero-order valence-corrected chi connectivity index (χ0v) is 16.7. The molecule has 2 N–H and O–H groups in total. The van der Waals surface area contributed by atoms with Crippen LogP contribution in [0.1, 0.15) is 37.8 Å². The molecule has 0 radical (unpaired) electrons. The highest BCUT2D eigenvalue weighted by Crippen LogP contribution is 2.33. The molecular weight excluding hydrogens is 372 g/mol. The van der Waals surface area contributed by atoms with Gasteiger partial charge < -0.3 is 24.4 Å². The van der Waals surface area contributed by atoms with E-state index in [4.69, 9.17) is 18.9 Å². The Hall–Kier alpha value is -3.06. The Bertz CT molecular complexity index is 848. The van der Waals surface area contributed by atoms with Gasteiger partial charge in [-0.05, 0) is 74.9 Å². The second-order valence-electron chi connectivity index (χ2n) is 7.05. The molecule has 2 heterocycles. The van der Waals surface area contributed by atoms with Gasteiger partial charge >= 0.3 is 0 Å². The normalized spacial score (nSPS) is 14.7. The Labute approximate surface area is 170 Å². The van der Waals surface area contributed by atoms with Crippen molar-refractivity contribution in [2.24, 2.45) is 10.2 Å². The van der Waals surface area contributed by atoms with Crippen LogP contribution in [-0.4, -0.2) is 30.5 Å². The summed E-state index contributed by atoms with van der Waals surface area (Å²) in [5.74, 6) is 3.28. The fourth-order valence-electron chi connectivity index (χ4n) is 3.11. The molecule has 2 aromatic rings. The molecule has 154 valence electrons. The second-order valence-corrected chi connectivity index (χ2v) is 7.05. The highest BCUT2D eigenvalue weighted by Gasteiger charge is 2.14. The first-order valence-electron chi connectivity index (χ1n) is 9.51. The van der Waals surface area contributed by atoms with Crippen LogP contribution in [0.25, 0.3) is 0 Å². The summed E-state index contributed by atoms with van der Waals surface area (Å²) in [6.07, 6.45) is 3.52. The van der Waals surface area contributed by atoms with Crippen molar-refractivity contribution in [3.05, 3.63) is 47.5 Å². The largest absolute Gasteiger partial charge is 0.454 e. The average molecular weight is 398 g/mol. The van der Waals surface area contributed by atoms with Crippen molar-refractivity contribution in [3.63, 3.8) is 0 Å². The Morgan fingerprint density at radius 3 is 1.55 bits per heavy atom. The van der Waals surface area contributed by atoms with E-state index in [1.807, 2.05) is 38.1 Å². The first-order valence-corrected chi connectivity index (χ1v) is 9.51. The Balaban J connectivity index is 0.00000240. The molecule has 0 saturated heterocycles. The van der Waals surface area contributed by atoms with E-state index >= 15 is 0 Å². The molecule has 0 amide bonds. The fraction of sp³-hybridized carbons (Fsp3) is 0.364. The van der Waals surface area contributed by atoms with Crippen molar-refractivity contribution in [2.75, 3.05) is 13.6 Å². The van der Waals surface area contributed by atoms with Crippen molar-refractivity contribution in [1.82, 2.24) is 0 Å². The summed E-state index contributed by atoms with van der Waals surface area (Å²) in [4.78, 5) is 0. The van der Waals surface area contributed by atoms with E-state index in [0.29, 0.717) is 13.6 Å². The number of nitrogens with zero attached hydrogens (tertiary/aromatic N) is 2. The smallest absolute Gasteiger partial charge is 0.231 e. The standard InChI is InChI=1S/C22H24N2O4.H2O/c1-15(3-5-17-7-9-19-21(11-17)27-13-25-19)23-24-16(2)4-6-18-8-10-20-22(12-18)28-14-26-20;/h7-12H,3-6,13-14H2,1-2H3;1H2/b23-15+,24-16+;. The van der Waals surface area contributed by atoms with Gasteiger partial charge in [-0.2, -0.15) is 10.2 Å². The summed E-state index contributed by atoms with van der Waals surface area (Å²) >= 11 is 0. The lowest BCUT2D eigenvalue weighted by Gasteiger charge is -2.04. The van der Waals surface area contributed by atoms with Crippen molar-refractivity contribution in [2.45, 2.75) is 39.5 Å². The summed E-state index contributed by atoms with van der Waals surface area (Å²) in [7, 11) is 0. The molecule has 0 atom stereocenters. The van der Waals surface area contributed by atoms with Gasteiger partial charge in [0, 0.05) is 11.4 Å². The van der Waals surface area contributed by atoms with Gasteiger partial charge in [-0.15, -0.1) is 0 Å². The van der Waals surface area contributed by atoms with Crippen LogP contribution in [0.2, 0.25) is 0 Å². The van der Waals surface area contributed by atoms with E-state index in [1.54, 1.807) is 0 Å². The summed E-state index contributed by atoms with van der Waals surface area (Å²) in [5.41, 5.74) is 4.45. The average Bonchev–Trinajstić information content (AvgIpc) is 3.37. The molecule has 0 fully saturated rings. The minimum Gasteiger partial charge on any atom is -0.454 e. The van der Waals surface area contributed by atoms with E-state index in [0.717, 1.165) is 60.1 Å². The summed E-state index contributed by atoms with van der Waals surface area (Å²) < 4.78 is 21.5. The molecular formula is C22H26N2O5. The third-order valence-corrected chi connectivity index (χ3v) is 4.82. The van der Waals surface area contributed by atoms with Gasteiger partial charge in [0.15, 0.2) is 23.0 Å². The zero-order chi connectivity index (χ0) is 19.3. The van der Waals surface area contributed by atoms with Gasteiger partial charge in [-0.1, -0.05) is 12.1 Å². The predicted molar refractivity (Wildman–Crippen MR) is 112 cm³/mol. The van der Waals surface area contributed by atoms with E-state index in [2.05, 4.69) is 22.3 Å². The molecule has 2 aliphatic heterocycles. The molecule has 29 heavy (non-hydrogen) atoms. The van der Waals surface area contributed by atoms with Crippen LogP contribution >= 0.6 is 0 Å². The van der Waals surface area contributed by atoms with Crippen LogP contribution in [0, 0.1) is 0 Å². The monoisotopic (exact) mass is 398 g/mol. The molecule has 7 heteroatoms. The number of fused-ring (bicyclic) bond motifs is 2. The van der Waals surface area contributed by atoms with Crippen molar-refractivity contribution < 1.29 is 24.4 Å². The molecule has 7 nitrogen and oxygen atoms in total. The Kier molecular flexibility index (Phi) is 6.72. The van der Waals surface area contributed by atoms with Crippen LogP contribution in [0.4, 0.5) is 0 Å². The number of hydrogen-bond acceptors (Lipinski definition) is 6. The highest BCUT2D eigenvalue weighted by atomic mass is 16.7. The maximum atomic E-state index is 5.42. The fourth-order valence-corrected chi connectivity index (χ4v) is 3.11. The van der Waals surface area contributed by atoms with E-state index < -0.39 is 0 Å². The Morgan fingerprint density at radius 2 is 1.10 bits per heavy atom. The quantitative estimate of drug-likeness (QED) is 0.525. The zero-order valence-electron chi connectivity index (χ0n) is 16.7. The van der Waals surface area contributed by atoms with Gasteiger partial charge in [0.25, 0.3) is 0 Å². The van der Waals surface area contributed by atoms with Gasteiger partial charge in [-0.3, -0.25) is 0 Å². The van der Waals surface area contributed by atoms with E-state index in [-0.39, 0.29) is 5.48 Å². The van der Waals surface area contributed by atoms with Gasteiger partial charge in [0.1, 0.15) is 0 Å². The maximum Gasteiger partial charge on any atom is 0.231 e. The first-order chi connectivity index (χ1) is 13.7. The van der Waals surface area contributed by atoms with E-state index in [1.165, 1.54) is 11.1 Å². The van der Waals surface area contributed by atoms with Crippen LogP contribution < -0.4 is 18.9 Å². The molecule has 0 spiro atoms. The number of aryl methyl sites for hydroxylation is 2. The molecule has 4 rings (SSSR count). The molecule has 0 bridgehead atoms. The summed E-state index contributed by atoms with van der Waals surface area (Å²) in [6, 6.07) is 12.1. The van der Waals surface area contributed by atoms with Gasteiger partial charge in [0.2, 0.25) is 13.6 Å². The number of benzene rings is 2. The van der Waals surface area contributed by atoms with Gasteiger partial charge in [0.05, 0.1) is 0 Å². The molecule has 0 saturated carbocycles. The van der Waals surface area contributed by atoms with Gasteiger partial charge in [-0.25, -0.2) is 0 Å². The topological polar surface area (TPSA) is 93.1 Å². The molecule has 0 aromatic heterocycles. The van der Waals surface area contributed by atoms with Crippen molar-refractivity contribution >= 4 is 11.4 Å². The highest BCUT2D eigenvalue weighted by molar-refractivity contribution is 5.85. The number of ether oxygens (including phenoxy) is 4. The first kappa shape index (κ1) is 20.7. The molecule has 0 unspecified atom stereocenters. The molecule has 2 aliphatic rings. The lowest BCUT2D eigenvalue weighted by Crippen LogP contribution is -1.98. The predicted octanol–water partition coefficient (Wildman–Crippen LogP) is 3.72. The summed E-state index contributed by atoms with van der Waals surface area (Å²) in [6.45, 7) is 4.64. The van der Waals surface area contributed by atoms with Crippen LogP contribution in [0.15, 0.2) is 46.6 Å². The second kappa shape index (κ2) is 9.43. The third kappa shape index (κ3) is 5.26.